The lowest BCUT2D eigenvalue weighted by atomic mass is 10.1. The molecule has 0 heterocycles. The number of halogens is 1. The molecule has 0 aliphatic carbocycles. The number of benzene rings is 2. The Kier molecular flexibility index (Phi) is 9.18. The van der Waals surface area contributed by atoms with Crippen LogP contribution in [0.1, 0.15) is 44.7 Å². The quantitative estimate of drug-likeness (QED) is 0.553. The van der Waals surface area contributed by atoms with Crippen molar-refractivity contribution in [2.45, 2.75) is 59.2 Å². The van der Waals surface area contributed by atoms with Gasteiger partial charge in [-0.25, -0.2) is 0 Å². The smallest absolute Gasteiger partial charge is 0.242 e. The van der Waals surface area contributed by atoms with Crippen LogP contribution in [0.3, 0.4) is 0 Å². The van der Waals surface area contributed by atoms with Crippen molar-refractivity contribution in [2.75, 3.05) is 6.61 Å². The number of hydrogen-bond acceptors (Lipinski definition) is 3. The van der Waals surface area contributed by atoms with E-state index in [1.165, 1.54) is 5.56 Å². The van der Waals surface area contributed by atoms with Crippen molar-refractivity contribution in [3.05, 3.63) is 64.7 Å². The van der Waals surface area contributed by atoms with E-state index in [2.05, 4.69) is 5.32 Å². The molecule has 0 bridgehead atoms. The van der Waals surface area contributed by atoms with E-state index in [1.807, 2.05) is 57.2 Å². The summed E-state index contributed by atoms with van der Waals surface area (Å²) >= 11 is 5.97. The lowest BCUT2D eigenvalue weighted by Crippen LogP contribution is -2.49. The molecule has 0 aliphatic rings. The van der Waals surface area contributed by atoms with Gasteiger partial charge >= 0.3 is 0 Å². The van der Waals surface area contributed by atoms with E-state index in [1.54, 1.807) is 24.0 Å². The zero-order valence-electron chi connectivity index (χ0n) is 18.2. The Morgan fingerprint density at radius 2 is 1.67 bits per heavy atom. The van der Waals surface area contributed by atoms with E-state index in [0.29, 0.717) is 31.0 Å². The van der Waals surface area contributed by atoms with E-state index in [4.69, 9.17) is 16.3 Å². The highest BCUT2D eigenvalue weighted by atomic mass is 35.5. The van der Waals surface area contributed by atoms with Crippen molar-refractivity contribution in [3.8, 4) is 5.75 Å². The van der Waals surface area contributed by atoms with Gasteiger partial charge in [0.2, 0.25) is 11.8 Å². The Morgan fingerprint density at radius 3 is 2.27 bits per heavy atom. The fourth-order valence-electron chi connectivity index (χ4n) is 2.97. The number of aryl methyl sites for hydroxylation is 1. The molecule has 30 heavy (non-hydrogen) atoms. The summed E-state index contributed by atoms with van der Waals surface area (Å²) in [6, 6.07) is 14.6. The molecule has 2 aromatic carbocycles. The fourth-order valence-corrected chi connectivity index (χ4v) is 3.09. The highest BCUT2D eigenvalue weighted by Crippen LogP contribution is 2.16. The van der Waals surface area contributed by atoms with Crippen LogP contribution in [-0.2, 0) is 16.1 Å². The van der Waals surface area contributed by atoms with Crippen molar-refractivity contribution < 1.29 is 14.3 Å². The van der Waals surface area contributed by atoms with Gasteiger partial charge < -0.3 is 15.0 Å². The molecule has 1 N–H and O–H groups in total. The van der Waals surface area contributed by atoms with Gasteiger partial charge in [-0.1, -0.05) is 41.4 Å². The van der Waals surface area contributed by atoms with Crippen molar-refractivity contribution >= 4 is 23.4 Å². The van der Waals surface area contributed by atoms with Crippen LogP contribution in [-0.4, -0.2) is 35.4 Å². The van der Waals surface area contributed by atoms with E-state index in [0.717, 1.165) is 11.3 Å². The summed E-state index contributed by atoms with van der Waals surface area (Å²) in [6.45, 7) is 8.37. The van der Waals surface area contributed by atoms with E-state index < -0.39 is 6.04 Å². The van der Waals surface area contributed by atoms with Gasteiger partial charge in [0, 0.05) is 24.0 Å². The number of nitrogens with zero attached hydrogens (tertiary/aromatic N) is 1. The number of carbonyl (C=O) groups excluding carboxylic acids is 2. The van der Waals surface area contributed by atoms with Crippen LogP contribution in [0.15, 0.2) is 48.5 Å². The summed E-state index contributed by atoms with van der Waals surface area (Å²) in [6.07, 6.45) is 0.876. The molecule has 0 saturated heterocycles. The average molecular weight is 431 g/mol. The summed E-state index contributed by atoms with van der Waals surface area (Å²) in [5.41, 5.74) is 2.09. The van der Waals surface area contributed by atoms with Crippen LogP contribution < -0.4 is 10.1 Å². The first-order chi connectivity index (χ1) is 14.3. The third-order valence-corrected chi connectivity index (χ3v) is 4.94. The summed E-state index contributed by atoms with van der Waals surface area (Å²) in [5, 5.41) is 3.52. The fraction of sp³-hybridized carbons (Fsp3) is 0.417. The molecule has 5 nitrogen and oxygen atoms in total. The third-order valence-electron chi connectivity index (χ3n) is 4.69. The summed E-state index contributed by atoms with van der Waals surface area (Å²) in [4.78, 5) is 27.1. The van der Waals surface area contributed by atoms with Crippen LogP contribution in [0.5, 0.6) is 5.75 Å². The molecule has 1 atom stereocenters. The lowest BCUT2D eigenvalue weighted by Gasteiger charge is -2.29. The molecular formula is C24H31ClN2O3. The monoisotopic (exact) mass is 430 g/mol. The zero-order chi connectivity index (χ0) is 22.1. The third kappa shape index (κ3) is 7.71. The topological polar surface area (TPSA) is 58.6 Å². The van der Waals surface area contributed by atoms with Gasteiger partial charge in [-0.15, -0.1) is 0 Å². The summed E-state index contributed by atoms with van der Waals surface area (Å²) in [5.74, 6) is 0.544. The second kappa shape index (κ2) is 11.6. The molecule has 2 rings (SSSR count). The molecule has 0 saturated carbocycles. The Hall–Kier alpha value is -2.53. The molecule has 0 radical (unpaired) electrons. The van der Waals surface area contributed by atoms with E-state index in [-0.39, 0.29) is 17.9 Å². The van der Waals surface area contributed by atoms with Crippen LogP contribution in [0.2, 0.25) is 5.02 Å². The van der Waals surface area contributed by atoms with Crippen LogP contribution >= 0.6 is 11.6 Å². The van der Waals surface area contributed by atoms with Crippen LogP contribution in [0.25, 0.3) is 0 Å². The predicted octanol–water partition coefficient (Wildman–Crippen LogP) is 4.75. The minimum absolute atomic E-state index is 0.00958. The largest absolute Gasteiger partial charge is 0.494 e. The summed E-state index contributed by atoms with van der Waals surface area (Å²) in [7, 11) is 0. The van der Waals surface area contributed by atoms with Gasteiger partial charge in [0.15, 0.2) is 0 Å². The van der Waals surface area contributed by atoms with Gasteiger partial charge in [0.25, 0.3) is 0 Å². The van der Waals surface area contributed by atoms with Gasteiger partial charge in [-0.3, -0.25) is 9.59 Å². The number of nitrogens with one attached hydrogen (secondary N) is 1. The lowest BCUT2D eigenvalue weighted by molar-refractivity contribution is -0.141. The van der Waals surface area contributed by atoms with Gasteiger partial charge in [-0.05, 0) is 63.9 Å². The molecule has 6 heteroatoms. The Labute approximate surface area is 184 Å². The van der Waals surface area contributed by atoms with Gasteiger partial charge in [0.1, 0.15) is 11.8 Å². The molecule has 0 unspecified atom stereocenters. The van der Waals surface area contributed by atoms with Crippen molar-refractivity contribution in [3.63, 3.8) is 0 Å². The molecule has 2 aromatic rings. The second-order valence-corrected chi connectivity index (χ2v) is 8.19. The van der Waals surface area contributed by atoms with Crippen molar-refractivity contribution in [1.82, 2.24) is 10.2 Å². The van der Waals surface area contributed by atoms with Gasteiger partial charge in [0.05, 0.1) is 6.61 Å². The molecule has 162 valence electrons. The number of carbonyl (C=O) groups is 2. The molecule has 0 aliphatic heterocycles. The molecule has 0 spiro atoms. The number of hydrogen-bond donors (Lipinski definition) is 1. The van der Waals surface area contributed by atoms with Crippen LogP contribution in [0, 0.1) is 6.92 Å². The number of amides is 2. The van der Waals surface area contributed by atoms with Crippen molar-refractivity contribution in [2.24, 2.45) is 0 Å². The first kappa shape index (κ1) is 23.7. The number of rotatable bonds is 10. The molecule has 2 amide bonds. The van der Waals surface area contributed by atoms with Crippen LogP contribution in [0.4, 0.5) is 0 Å². The van der Waals surface area contributed by atoms with E-state index in [9.17, 15) is 9.59 Å². The molecule has 0 aromatic heterocycles. The normalized spacial score (nSPS) is 11.8. The Morgan fingerprint density at radius 1 is 1.03 bits per heavy atom. The van der Waals surface area contributed by atoms with E-state index >= 15 is 0 Å². The first-order valence-corrected chi connectivity index (χ1v) is 10.7. The minimum Gasteiger partial charge on any atom is -0.494 e. The highest BCUT2D eigenvalue weighted by molar-refractivity contribution is 6.30. The zero-order valence-corrected chi connectivity index (χ0v) is 18.9. The maximum absolute atomic E-state index is 13.0. The first-order valence-electron chi connectivity index (χ1n) is 10.3. The second-order valence-electron chi connectivity index (χ2n) is 7.75. The SMILES string of the molecule is Cc1ccc(OCCCC(=O)N(Cc2ccc(Cl)cc2)[C@@H](C)C(=O)NC(C)C)cc1. The maximum Gasteiger partial charge on any atom is 0.242 e. The van der Waals surface area contributed by atoms with Crippen molar-refractivity contribution in [1.29, 1.82) is 0 Å². The Balaban J connectivity index is 1.98. The predicted molar refractivity (Wildman–Crippen MR) is 121 cm³/mol. The molecule has 0 fully saturated rings. The Bertz CT molecular complexity index is 819. The number of ether oxygens (including phenoxy) is 1. The average Bonchev–Trinajstić information content (AvgIpc) is 2.71. The molecular weight excluding hydrogens is 400 g/mol. The van der Waals surface area contributed by atoms with Gasteiger partial charge in [-0.2, -0.15) is 0 Å². The minimum atomic E-state index is -0.575. The highest BCUT2D eigenvalue weighted by Gasteiger charge is 2.26. The standard InChI is InChI=1S/C24H31ClN2O3/c1-17(2)26-24(29)19(4)27(16-20-9-11-21(25)12-10-20)23(28)6-5-15-30-22-13-7-18(3)8-14-22/h7-14,17,19H,5-6,15-16H2,1-4H3,(H,26,29)/t19-/m0/s1. The summed E-state index contributed by atoms with van der Waals surface area (Å²) < 4.78 is 5.72. The maximum atomic E-state index is 13.0.